The van der Waals surface area contributed by atoms with Crippen LogP contribution >= 0.6 is 11.6 Å². The Balaban J connectivity index is 1.26. The molecule has 32 heavy (non-hydrogen) atoms. The van der Waals surface area contributed by atoms with E-state index in [0.717, 1.165) is 11.1 Å². The van der Waals surface area contributed by atoms with Gasteiger partial charge in [0.2, 0.25) is 0 Å². The maximum Gasteiger partial charge on any atom is 0.314 e. The molecule has 166 valence electrons. The second-order valence-corrected chi connectivity index (χ2v) is 8.92. The first kappa shape index (κ1) is 19.9. The summed E-state index contributed by atoms with van der Waals surface area (Å²) in [6.07, 6.45) is -0.458. The van der Waals surface area contributed by atoms with E-state index in [0.29, 0.717) is 41.3 Å². The Morgan fingerprint density at radius 1 is 1.16 bits per heavy atom. The van der Waals surface area contributed by atoms with E-state index >= 15 is 0 Å². The van der Waals surface area contributed by atoms with E-state index in [2.05, 4.69) is 15.0 Å². The molecule has 1 saturated carbocycles. The maximum atomic E-state index is 11.6. The molecule has 1 aliphatic carbocycles. The van der Waals surface area contributed by atoms with Crippen LogP contribution in [0.15, 0.2) is 30.3 Å². The Kier molecular flexibility index (Phi) is 4.45. The number of carboxylic acids is 1. The molecule has 0 bridgehead atoms. The van der Waals surface area contributed by atoms with Gasteiger partial charge >= 0.3 is 5.97 Å². The second-order valence-electron chi connectivity index (χ2n) is 8.52. The first-order valence-corrected chi connectivity index (χ1v) is 10.8. The number of carbonyl (C=O) groups is 1. The molecular weight excluding hydrogens is 438 g/mol. The number of aromatic amines is 1. The third-order valence-electron chi connectivity index (χ3n) is 6.52. The van der Waals surface area contributed by atoms with E-state index < -0.39 is 17.5 Å². The number of benzene rings is 1. The topological polar surface area (TPSA) is 127 Å². The number of aliphatic carboxylic acids is 1. The summed E-state index contributed by atoms with van der Waals surface area (Å²) in [5, 5.41) is 19.8. The van der Waals surface area contributed by atoms with Gasteiger partial charge in [0.15, 0.2) is 11.8 Å². The van der Waals surface area contributed by atoms with Crippen molar-refractivity contribution >= 4 is 28.7 Å². The van der Waals surface area contributed by atoms with Gasteiger partial charge in [-0.05, 0) is 24.5 Å². The van der Waals surface area contributed by atoms with E-state index in [4.69, 9.17) is 25.8 Å². The van der Waals surface area contributed by atoms with Crippen molar-refractivity contribution in [2.75, 3.05) is 13.2 Å². The summed E-state index contributed by atoms with van der Waals surface area (Å²) in [5.41, 5.74) is 2.42. The van der Waals surface area contributed by atoms with Crippen LogP contribution in [-0.4, -0.2) is 68.8 Å². The predicted octanol–water partition coefficient (Wildman–Crippen LogP) is 2.30. The highest BCUT2D eigenvalue weighted by molar-refractivity contribution is 6.33. The van der Waals surface area contributed by atoms with Gasteiger partial charge in [0.25, 0.3) is 6.01 Å². The molecule has 2 saturated heterocycles. The number of fused-ring (bicyclic) bond motifs is 2. The summed E-state index contributed by atoms with van der Waals surface area (Å²) in [7, 11) is 0. The number of H-pyrrole nitrogens is 1. The van der Waals surface area contributed by atoms with E-state index in [1.165, 1.54) is 0 Å². The fraction of sp³-hybridized carbons (Fsp3) is 0.409. The van der Waals surface area contributed by atoms with Gasteiger partial charge in [-0.1, -0.05) is 35.9 Å². The van der Waals surface area contributed by atoms with E-state index in [9.17, 15) is 15.0 Å². The minimum Gasteiger partial charge on any atom is -0.481 e. The number of pyridine rings is 1. The zero-order valence-corrected chi connectivity index (χ0v) is 17.6. The fourth-order valence-corrected chi connectivity index (χ4v) is 4.80. The summed E-state index contributed by atoms with van der Waals surface area (Å²) >= 11 is 6.49. The number of aliphatic hydroxyl groups is 1. The number of imidazole rings is 1. The van der Waals surface area contributed by atoms with Gasteiger partial charge in [-0.3, -0.25) is 4.79 Å². The zero-order chi connectivity index (χ0) is 22.0. The molecule has 0 amide bonds. The van der Waals surface area contributed by atoms with Gasteiger partial charge in [-0.15, -0.1) is 0 Å². The first-order chi connectivity index (χ1) is 15.4. The molecular formula is C22H20ClN3O6. The van der Waals surface area contributed by atoms with Gasteiger partial charge < -0.3 is 29.4 Å². The number of hydrogen-bond donors (Lipinski definition) is 3. The average Bonchev–Trinajstić information content (AvgIpc) is 3.18. The molecule has 4 atom stereocenters. The summed E-state index contributed by atoms with van der Waals surface area (Å²) < 4.78 is 17.1. The third kappa shape index (κ3) is 3.07. The third-order valence-corrected chi connectivity index (χ3v) is 6.81. The van der Waals surface area contributed by atoms with Crippen molar-refractivity contribution in [2.45, 2.75) is 42.7 Å². The van der Waals surface area contributed by atoms with Crippen molar-refractivity contribution in [2.24, 2.45) is 0 Å². The maximum absolute atomic E-state index is 11.6. The van der Waals surface area contributed by atoms with Gasteiger partial charge in [0.1, 0.15) is 18.3 Å². The summed E-state index contributed by atoms with van der Waals surface area (Å²) in [6, 6.07) is 9.32. The molecule has 3 aliphatic rings. The van der Waals surface area contributed by atoms with Crippen LogP contribution in [0.2, 0.25) is 5.02 Å². The number of aliphatic hydroxyl groups excluding tert-OH is 1. The highest BCUT2D eigenvalue weighted by atomic mass is 35.5. The summed E-state index contributed by atoms with van der Waals surface area (Å²) in [4.78, 5) is 23.6. The van der Waals surface area contributed by atoms with Crippen molar-refractivity contribution in [1.29, 1.82) is 0 Å². The monoisotopic (exact) mass is 457 g/mol. The number of rotatable bonds is 5. The van der Waals surface area contributed by atoms with Crippen molar-refractivity contribution in [3.63, 3.8) is 0 Å². The second kappa shape index (κ2) is 7.14. The van der Waals surface area contributed by atoms with E-state index in [1.54, 1.807) is 6.07 Å². The summed E-state index contributed by atoms with van der Waals surface area (Å²) in [5.74, 6) is -0.789. The molecule has 2 aromatic heterocycles. The lowest BCUT2D eigenvalue weighted by Crippen LogP contribution is -2.34. The van der Waals surface area contributed by atoms with Gasteiger partial charge in [-0.25, -0.2) is 4.98 Å². The van der Waals surface area contributed by atoms with Gasteiger partial charge in [-0.2, -0.15) is 4.98 Å². The van der Waals surface area contributed by atoms with Crippen molar-refractivity contribution in [3.05, 3.63) is 40.9 Å². The lowest BCUT2D eigenvalue weighted by Gasteiger charge is -2.15. The highest BCUT2D eigenvalue weighted by Crippen LogP contribution is 2.48. The Labute approximate surface area is 187 Å². The molecule has 0 spiro atoms. The molecule has 3 aromatic rings. The molecule has 0 radical (unpaired) electrons. The predicted molar refractivity (Wildman–Crippen MR) is 113 cm³/mol. The standard InChI is InChI=1S/C22H20ClN3O6/c23-12-7-13-19(26-21(24-13)32-15-9-31-17-14(27)8-30-18(15)17)25-16(12)10-1-3-11(4-2-10)22(5-6-22)20(28)29/h1-4,7,14-15,17-18,27H,5-6,8-9H2,(H,28,29)(H,24,25,26). The van der Waals surface area contributed by atoms with Crippen LogP contribution < -0.4 is 4.74 Å². The molecule has 1 aromatic carbocycles. The van der Waals surface area contributed by atoms with Crippen molar-refractivity contribution < 1.29 is 29.2 Å². The minimum atomic E-state index is -0.789. The normalized spacial score (nSPS) is 28.1. The van der Waals surface area contributed by atoms with Crippen LogP contribution in [0.25, 0.3) is 22.4 Å². The Morgan fingerprint density at radius 3 is 2.62 bits per heavy atom. The lowest BCUT2D eigenvalue weighted by molar-refractivity contribution is -0.140. The van der Waals surface area contributed by atoms with E-state index in [-0.39, 0.29) is 30.9 Å². The molecule has 9 nitrogen and oxygen atoms in total. The first-order valence-electron chi connectivity index (χ1n) is 10.4. The zero-order valence-electron chi connectivity index (χ0n) is 16.8. The smallest absolute Gasteiger partial charge is 0.314 e. The number of carboxylic acid groups (broad SMARTS) is 1. The Hall–Kier alpha value is -2.72. The van der Waals surface area contributed by atoms with Crippen LogP contribution in [-0.2, 0) is 19.7 Å². The highest BCUT2D eigenvalue weighted by Gasteiger charge is 2.51. The largest absolute Gasteiger partial charge is 0.481 e. The molecule has 4 heterocycles. The van der Waals surface area contributed by atoms with Crippen LogP contribution in [0.3, 0.4) is 0 Å². The van der Waals surface area contributed by atoms with Gasteiger partial charge in [0.05, 0.1) is 34.9 Å². The number of hydrogen-bond acceptors (Lipinski definition) is 7. The number of nitrogens with one attached hydrogen (secondary N) is 1. The SMILES string of the molecule is O=C(O)C1(c2ccc(-c3nc4nc(OC5COC6C(O)COC56)[nH]c4cc3Cl)cc2)CC1. The number of aromatic nitrogens is 3. The molecule has 4 unspecified atom stereocenters. The number of halogens is 1. The average molecular weight is 458 g/mol. The van der Waals surface area contributed by atoms with Crippen LogP contribution in [0.4, 0.5) is 0 Å². The number of nitrogens with zero attached hydrogens (tertiary/aromatic N) is 2. The lowest BCUT2D eigenvalue weighted by atomic mass is 9.94. The number of ether oxygens (including phenoxy) is 3. The molecule has 3 N–H and O–H groups in total. The Bertz CT molecular complexity index is 1210. The van der Waals surface area contributed by atoms with E-state index in [1.807, 2.05) is 24.3 Å². The summed E-state index contributed by atoms with van der Waals surface area (Å²) in [6.45, 7) is 0.523. The van der Waals surface area contributed by atoms with Gasteiger partial charge in [0, 0.05) is 5.56 Å². The minimum absolute atomic E-state index is 0.224. The van der Waals surface area contributed by atoms with Crippen molar-refractivity contribution in [3.8, 4) is 17.3 Å². The van der Waals surface area contributed by atoms with Crippen LogP contribution in [0, 0.1) is 0 Å². The van der Waals surface area contributed by atoms with Crippen molar-refractivity contribution in [1.82, 2.24) is 15.0 Å². The fourth-order valence-electron chi connectivity index (χ4n) is 4.54. The van der Waals surface area contributed by atoms with Crippen LogP contribution in [0.5, 0.6) is 6.01 Å². The quantitative estimate of drug-likeness (QED) is 0.532. The molecule has 2 aliphatic heterocycles. The molecule has 3 fully saturated rings. The Morgan fingerprint density at radius 2 is 1.91 bits per heavy atom. The van der Waals surface area contributed by atoms with Crippen LogP contribution in [0.1, 0.15) is 18.4 Å². The molecule has 6 rings (SSSR count). The molecule has 10 heteroatoms.